The molecule has 0 saturated carbocycles. The molecule has 0 aliphatic heterocycles. The molecular weight excluding hydrogens is 205 g/mol. The number of alkyl halides is 1. The second kappa shape index (κ2) is 6.48. The summed E-state index contributed by atoms with van der Waals surface area (Å²) in [6.45, 7) is 4.09. The average Bonchev–Trinajstić information content (AvgIpc) is 2.20. The van der Waals surface area contributed by atoms with E-state index in [9.17, 15) is 4.39 Å². The predicted molar refractivity (Wildman–Crippen MR) is 64.6 cm³/mol. The minimum atomic E-state index is -0.339. The van der Waals surface area contributed by atoms with Gasteiger partial charge in [-0.25, -0.2) is 0 Å². The lowest BCUT2D eigenvalue weighted by atomic mass is 10.0. The molecule has 0 fully saturated rings. The Hall–Kier alpha value is -1.09. The Bertz CT molecular complexity index is 326. The lowest BCUT2D eigenvalue weighted by Crippen LogP contribution is -2.18. The molecule has 0 saturated heterocycles. The lowest BCUT2D eigenvalue weighted by molar-refractivity contribution is 0.286. The van der Waals surface area contributed by atoms with Gasteiger partial charge in [-0.1, -0.05) is 17.7 Å². The van der Waals surface area contributed by atoms with Gasteiger partial charge in [-0.2, -0.15) is 0 Å². The van der Waals surface area contributed by atoms with E-state index in [0.717, 1.165) is 17.7 Å². The number of hydrogen-bond donors (Lipinski definition) is 1. The highest BCUT2D eigenvalue weighted by Gasteiger charge is 2.06. The van der Waals surface area contributed by atoms with Crippen molar-refractivity contribution in [2.24, 2.45) is 5.73 Å². The summed E-state index contributed by atoms with van der Waals surface area (Å²) < 4.78 is 17.5. The zero-order valence-corrected chi connectivity index (χ0v) is 10.0. The largest absolute Gasteiger partial charge is 0.493 e. The number of halogens is 1. The topological polar surface area (TPSA) is 35.2 Å². The summed E-state index contributed by atoms with van der Waals surface area (Å²) in [5.74, 6) is 0.830. The third-order valence-electron chi connectivity index (χ3n) is 2.29. The van der Waals surface area contributed by atoms with Gasteiger partial charge in [0.1, 0.15) is 5.75 Å². The third-order valence-corrected chi connectivity index (χ3v) is 2.29. The number of rotatable bonds is 6. The molecule has 0 spiro atoms. The highest BCUT2D eigenvalue weighted by molar-refractivity contribution is 5.37. The van der Waals surface area contributed by atoms with Crippen LogP contribution in [0.2, 0.25) is 0 Å². The molecule has 1 aromatic carbocycles. The van der Waals surface area contributed by atoms with Gasteiger partial charge in [0.15, 0.2) is 0 Å². The molecule has 1 rings (SSSR count). The summed E-state index contributed by atoms with van der Waals surface area (Å²) in [4.78, 5) is 0. The van der Waals surface area contributed by atoms with Crippen LogP contribution < -0.4 is 10.5 Å². The summed E-state index contributed by atoms with van der Waals surface area (Å²) in [5, 5.41) is 0. The monoisotopic (exact) mass is 225 g/mol. The van der Waals surface area contributed by atoms with E-state index < -0.39 is 0 Å². The van der Waals surface area contributed by atoms with E-state index >= 15 is 0 Å². The van der Waals surface area contributed by atoms with Gasteiger partial charge in [0.2, 0.25) is 0 Å². The maximum Gasteiger partial charge on any atom is 0.122 e. The summed E-state index contributed by atoms with van der Waals surface area (Å²) in [6, 6.07) is 6.11. The minimum absolute atomic E-state index is 0.102. The number of nitrogens with two attached hydrogens (primary N) is 1. The Labute approximate surface area is 96.6 Å². The Morgan fingerprint density at radius 2 is 2.19 bits per heavy atom. The van der Waals surface area contributed by atoms with Gasteiger partial charge in [0.25, 0.3) is 0 Å². The SMILES string of the molecule is Cc1ccc(OCCCF)c(CC(C)N)c1. The normalized spacial score (nSPS) is 12.5. The van der Waals surface area contributed by atoms with E-state index in [1.807, 2.05) is 26.0 Å². The Kier molecular flexibility index (Phi) is 5.26. The minimum Gasteiger partial charge on any atom is -0.493 e. The molecule has 0 radical (unpaired) electrons. The molecule has 16 heavy (non-hydrogen) atoms. The van der Waals surface area contributed by atoms with Gasteiger partial charge < -0.3 is 10.5 Å². The summed E-state index contributed by atoms with van der Waals surface area (Å²) in [5.41, 5.74) is 8.08. The molecule has 3 heteroatoms. The van der Waals surface area contributed by atoms with Gasteiger partial charge in [0.05, 0.1) is 13.3 Å². The molecule has 1 atom stereocenters. The van der Waals surface area contributed by atoms with Crippen molar-refractivity contribution in [1.29, 1.82) is 0 Å². The highest BCUT2D eigenvalue weighted by atomic mass is 19.1. The number of benzene rings is 1. The molecule has 0 aliphatic rings. The van der Waals surface area contributed by atoms with Crippen molar-refractivity contribution < 1.29 is 9.13 Å². The van der Waals surface area contributed by atoms with Crippen molar-refractivity contribution in [1.82, 2.24) is 0 Å². The van der Waals surface area contributed by atoms with E-state index in [1.165, 1.54) is 5.56 Å². The van der Waals surface area contributed by atoms with Crippen LogP contribution in [0.5, 0.6) is 5.75 Å². The van der Waals surface area contributed by atoms with E-state index in [2.05, 4.69) is 6.07 Å². The van der Waals surface area contributed by atoms with Gasteiger partial charge in [-0.15, -0.1) is 0 Å². The molecule has 2 nitrogen and oxygen atoms in total. The lowest BCUT2D eigenvalue weighted by Gasteiger charge is -2.13. The fourth-order valence-corrected chi connectivity index (χ4v) is 1.59. The Balaban J connectivity index is 2.72. The number of aryl methyl sites for hydroxylation is 1. The van der Waals surface area contributed by atoms with Crippen LogP contribution in [0.15, 0.2) is 18.2 Å². The Morgan fingerprint density at radius 3 is 2.81 bits per heavy atom. The molecule has 1 aromatic rings. The van der Waals surface area contributed by atoms with Crippen LogP contribution in [-0.4, -0.2) is 19.3 Å². The van der Waals surface area contributed by atoms with Crippen molar-refractivity contribution in [3.05, 3.63) is 29.3 Å². The first-order chi connectivity index (χ1) is 7.63. The predicted octanol–water partition coefficient (Wildman–Crippen LogP) is 2.62. The fraction of sp³-hybridized carbons (Fsp3) is 0.538. The smallest absolute Gasteiger partial charge is 0.122 e. The van der Waals surface area contributed by atoms with Crippen LogP contribution in [0.1, 0.15) is 24.5 Å². The molecule has 0 heterocycles. The standard InChI is InChI=1S/C13H20FNO/c1-10-4-5-13(16-7-3-6-14)12(8-10)9-11(2)15/h4-5,8,11H,3,6-7,9,15H2,1-2H3. The first-order valence-corrected chi connectivity index (χ1v) is 5.67. The first-order valence-electron chi connectivity index (χ1n) is 5.67. The second-order valence-electron chi connectivity index (χ2n) is 4.18. The summed E-state index contributed by atoms with van der Waals surface area (Å²) in [7, 11) is 0. The van der Waals surface area contributed by atoms with Crippen LogP contribution >= 0.6 is 0 Å². The van der Waals surface area contributed by atoms with Crippen molar-refractivity contribution in [2.75, 3.05) is 13.3 Å². The molecule has 0 aliphatic carbocycles. The van der Waals surface area contributed by atoms with E-state index in [0.29, 0.717) is 13.0 Å². The third kappa shape index (κ3) is 4.19. The highest BCUT2D eigenvalue weighted by Crippen LogP contribution is 2.21. The number of ether oxygens (including phenoxy) is 1. The molecule has 90 valence electrons. The Morgan fingerprint density at radius 1 is 1.44 bits per heavy atom. The summed E-state index contributed by atoms with van der Waals surface area (Å²) >= 11 is 0. The molecule has 0 bridgehead atoms. The average molecular weight is 225 g/mol. The van der Waals surface area contributed by atoms with Crippen molar-refractivity contribution in [2.45, 2.75) is 32.7 Å². The zero-order valence-electron chi connectivity index (χ0n) is 10.0. The van der Waals surface area contributed by atoms with Crippen LogP contribution in [-0.2, 0) is 6.42 Å². The van der Waals surface area contributed by atoms with E-state index in [-0.39, 0.29) is 12.7 Å². The quantitative estimate of drug-likeness (QED) is 0.755. The fourth-order valence-electron chi connectivity index (χ4n) is 1.59. The molecule has 2 N–H and O–H groups in total. The van der Waals surface area contributed by atoms with Crippen molar-refractivity contribution in [3.8, 4) is 5.75 Å². The number of hydrogen-bond acceptors (Lipinski definition) is 2. The van der Waals surface area contributed by atoms with E-state index in [4.69, 9.17) is 10.5 Å². The maximum atomic E-state index is 12.0. The van der Waals surface area contributed by atoms with Crippen molar-refractivity contribution >= 4 is 0 Å². The molecule has 0 aromatic heterocycles. The maximum absolute atomic E-state index is 12.0. The first kappa shape index (κ1) is 13.0. The second-order valence-corrected chi connectivity index (χ2v) is 4.18. The molecular formula is C13H20FNO. The van der Waals surface area contributed by atoms with Crippen LogP contribution in [0, 0.1) is 6.92 Å². The van der Waals surface area contributed by atoms with E-state index in [1.54, 1.807) is 0 Å². The van der Waals surface area contributed by atoms with Gasteiger partial charge in [-0.3, -0.25) is 4.39 Å². The van der Waals surface area contributed by atoms with Gasteiger partial charge in [-0.05, 0) is 31.9 Å². The van der Waals surface area contributed by atoms with Crippen LogP contribution in [0.4, 0.5) is 4.39 Å². The summed E-state index contributed by atoms with van der Waals surface area (Å²) in [6.07, 6.45) is 1.22. The van der Waals surface area contributed by atoms with Crippen LogP contribution in [0.3, 0.4) is 0 Å². The van der Waals surface area contributed by atoms with Crippen LogP contribution in [0.25, 0.3) is 0 Å². The van der Waals surface area contributed by atoms with Crippen molar-refractivity contribution in [3.63, 3.8) is 0 Å². The van der Waals surface area contributed by atoms with Gasteiger partial charge >= 0.3 is 0 Å². The van der Waals surface area contributed by atoms with Gasteiger partial charge in [0, 0.05) is 12.5 Å². The molecule has 1 unspecified atom stereocenters. The molecule has 0 amide bonds. The zero-order chi connectivity index (χ0) is 12.0.